The van der Waals surface area contributed by atoms with Crippen LogP contribution in [0.15, 0.2) is 24.3 Å². The molecule has 2 aromatic rings. The number of imidazole rings is 1. The van der Waals surface area contributed by atoms with Gasteiger partial charge in [-0.25, -0.2) is 9.97 Å². The van der Waals surface area contributed by atoms with E-state index in [4.69, 9.17) is 5.26 Å². The van der Waals surface area contributed by atoms with Crippen LogP contribution in [0.1, 0.15) is 5.82 Å². The van der Waals surface area contributed by atoms with Gasteiger partial charge in [-0.1, -0.05) is 12.1 Å². The number of rotatable bonds is 1. The van der Waals surface area contributed by atoms with Crippen molar-refractivity contribution in [2.24, 2.45) is 0 Å². The third-order valence-corrected chi connectivity index (χ3v) is 1.75. The van der Waals surface area contributed by atoms with Gasteiger partial charge in [-0.3, -0.25) is 0 Å². The molecule has 3 heteroatoms. The van der Waals surface area contributed by atoms with Crippen molar-refractivity contribution < 1.29 is 4.98 Å². The number of fused-ring (bicyclic) bond motifs is 1. The fourth-order valence-corrected chi connectivity index (χ4v) is 1.22. The lowest BCUT2D eigenvalue weighted by Gasteiger charge is -1.76. The van der Waals surface area contributed by atoms with Crippen LogP contribution in [0.5, 0.6) is 0 Å². The first-order valence-electron chi connectivity index (χ1n) is 3.76. The molecular formula is C9H8N3+. The SMILES string of the molecule is N#CCc1[nH]c2ccccc2[nH+]1. The van der Waals surface area contributed by atoms with E-state index in [1.54, 1.807) is 0 Å². The van der Waals surface area contributed by atoms with Crippen LogP contribution in [0, 0.1) is 11.3 Å². The van der Waals surface area contributed by atoms with Gasteiger partial charge in [0.2, 0.25) is 0 Å². The van der Waals surface area contributed by atoms with E-state index in [1.165, 1.54) is 0 Å². The Morgan fingerprint density at radius 1 is 1.42 bits per heavy atom. The Hall–Kier alpha value is -1.82. The molecule has 0 saturated carbocycles. The molecule has 1 aromatic heterocycles. The standard InChI is InChI=1S/C9H7N3/c10-6-5-9-11-7-3-1-2-4-8(7)12-9/h1-4H,5H2,(H,11,12)/p+1. The van der Waals surface area contributed by atoms with Gasteiger partial charge in [0.05, 0.1) is 6.07 Å². The Morgan fingerprint density at radius 3 is 3.00 bits per heavy atom. The minimum absolute atomic E-state index is 0.397. The third kappa shape index (κ3) is 1.04. The van der Waals surface area contributed by atoms with Crippen LogP contribution in [0.2, 0.25) is 0 Å². The molecule has 0 amide bonds. The molecule has 0 atom stereocenters. The molecule has 0 aliphatic rings. The summed E-state index contributed by atoms with van der Waals surface area (Å²) in [5.74, 6) is 0.860. The molecule has 0 aliphatic carbocycles. The predicted molar refractivity (Wildman–Crippen MR) is 44.2 cm³/mol. The number of nitrogens with zero attached hydrogens (tertiary/aromatic N) is 1. The van der Waals surface area contributed by atoms with Crippen molar-refractivity contribution in [1.29, 1.82) is 5.26 Å². The lowest BCUT2D eigenvalue weighted by Crippen LogP contribution is -2.05. The largest absolute Gasteiger partial charge is 0.267 e. The molecule has 0 fully saturated rings. The minimum atomic E-state index is 0.397. The summed E-state index contributed by atoms with van der Waals surface area (Å²) in [6, 6.07) is 9.96. The summed E-state index contributed by atoms with van der Waals surface area (Å²) in [7, 11) is 0. The topological polar surface area (TPSA) is 53.7 Å². The number of para-hydroxylation sites is 2. The van der Waals surface area contributed by atoms with E-state index in [2.05, 4.69) is 16.0 Å². The number of aromatic amines is 2. The van der Waals surface area contributed by atoms with Crippen LogP contribution < -0.4 is 4.98 Å². The van der Waals surface area contributed by atoms with Gasteiger partial charge in [0.25, 0.3) is 5.82 Å². The molecule has 3 nitrogen and oxygen atoms in total. The lowest BCUT2D eigenvalue weighted by atomic mass is 10.3. The highest BCUT2D eigenvalue weighted by atomic mass is 14.9. The number of aromatic nitrogens is 2. The first-order chi connectivity index (χ1) is 5.90. The Morgan fingerprint density at radius 2 is 2.25 bits per heavy atom. The molecule has 1 heterocycles. The highest BCUT2D eigenvalue weighted by molar-refractivity contribution is 5.70. The van der Waals surface area contributed by atoms with Crippen LogP contribution in [-0.2, 0) is 6.42 Å². The first kappa shape index (κ1) is 6.86. The second-order valence-corrected chi connectivity index (χ2v) is 2.61. The second-order valence-electron chi connectivity index (χ2n) is 2.61. The normalized spacial score (nSPS) is 9.92. The predicted octanol–water partition coefficient (Wildman–Crippen LogP) is 1.05. The van der Waals surface area contributed by atoms with Crippen molar-refractivity contribution >= 4 is 11.0 Å². The smallest absolute Gasteiger partial charge is 0.240 e. The van der Waals surface area contributed by atoms with Crippen molar-refractivity contribution in [3.05, 3.63) is 30.1 Å². The minimum Gasteiger partial charge on any atom is -0.240 e. The van der Waals surface area contributed by atoms with Crippen LogP contribution in [0.3, 0.4) is 0 Å². The zero-order chi connectivity index (χ0) is 8.39. The number of hydrogen-bond donors (Lipinski definition) is 1. The van der Waals surface area contributed by atoms with E-state index in [-0.39, 0.29) is 0 Å². The zero-order valence-electron chi connectivity index (χ0n) is 6.46. The highest BCUT2D eigenvalue weighted by Gasteiger charge is 2.06. The van der Waals surface area contributed by atoms with Gasteiger partial charge in [0, 0.05) is 0 Å². The van der Waals surface area contributed by atoms with Crippen molar-refractivity contribution in [1.82, 2.24) is 4.98 Å². The van der Waals surface area contributed by atoms with Gasteiger partial charge in [-0.05, 0) is 12.1 Å². The number of nitriles is 1. The maximum Gasteiger partial charge on any atom is 0.267 e. The maximum absolute atomic E-state index is 8.45. The molecule has 0 radical (unpaired) electrons. The van der Waals surface area contributed by atoms with Gasteiger partial charge >= 0.3 is 0 Å². The van der Waals surface area contributed by atoms with Crippen molar-refractivity contribution in [3.63, 3.8) is 0 Å². The van der Waals surface area contributed by atoms with Gasteiger partial charge in [-0.2, -0.15) is 5.26 Å². The first-order valence-corrected chi connectivity index (χ1v) is 3.76. The Labute approximate surface area is 69.7 Å². The Balaban J connectivity index is 2.56. The van der Waals surface area contributed by atoms with E-state index in [0.29, 0.717) is 6.42 Å². The summed E-state index contributed by atoms with van der Waals surface area (Å²) in [6.07, 6.45) is 0.397. The van der Waals surface area contributed by atoms with E-state index < -0.39 is 0 Å². The molecule has 2 N–H and O–H groups in total. The van der Waals surface area contributed by atoms with Crippen molar-refractivity contribution in [3.8, 4) is 6.07 Å². The molecule has 0 bridgehead atoms. The monoisotopic (exact) mass is 158 g/mol. The van der Waals surface area contributed by atoms with E-state index in [9.17, 15) is 0 Å². The summed E-state index contributed by atoms with van der Waals surface area (Å²) < 4.78 is 0. The summed E-state index contributed by atoms with van der Waals surface area (Å²) in [6.45, 7) is 0. The quantitative estimate of drug-likeness (QED) is 0.662. The summed E-state index contributed by atoms with van der Waals surface area (Å²) in [5.41, 5.74) is 2.09. The average Bonchev–Trinajstić information content (AvgIpc) is 2.47. The molecule has 0 aliphatic heterocycles. The summed E-state index contributed by atoms with van der Waals surface area (Å²) in [4.78, 5) is 6.24. The third-order valence-electron chi connectivity index (χ3n) is 1.75. The molecule has 0 saturated heterocycles. The molecule has 12 heavy (non-hydrogen) atoms. The van der Waals surface area contributed by atoms with Gasteiger partial charge < -0.3 is 0 Å². The molecular weight excluding hydrogens is 150 g/mol. The summed E-state index contributed by atoms with van der Waals surface area (Å²) in [5, 5.41) is 8.45. The van der Waals surface area contributed by atoms with Crippen molar-refractivity contribution in [2.45, 2.75) is 6.42 Å². The number of benzene rings is 1. The van der Waals surface area contributed by atoms with E-state index in [1.807, 2.05) is 24.3 Å². The second kappa shape index (κ2) is 2.67. The maximum atomic E-state index is 8.45. The molecule has 2 rings (SSSR count). The van der Waals surface area contributed by atoms with E-state index >= 15 is 0 Å². The van der Waals surface area contributed by atoms with E-state index in [0.717, 1.165) is 16.9 Å². The lowest BCUT2D eigenvalue weighted by molar-refractivity contribution is -0.356. The van der Waals surface area contributed by atoms with Crippen LogP contribution in [0.4, 0.5) is 0 Å². The Bertz CT molecular complexity index is 403. The number of nitrogens with one attached hydrogen (secondary N) is 2. The zero-order valence-corrected chi connectivity index (χ0v) is 6.46. The van der Waals surface area contributed by atoms with Gasteiger partial charge in [-0.15, -0.1) is 0 Å². The fraction of sp³-hybridized carbons (Fsp3) is 0.111. The molecule has 58 valence electrons. The van der Waals surface area contributed by atoms with Crippen LogP contribution >= 0.6 is 0 Å². The van der Waals surface area contributed by atoms with Crippen LogP contribution in [-0.4, -0.2) is 4.98 Å². The fourth-order valence-electron chi connectivity index (χ4n) is 1.22. The molecule has 0 unspecified atom stereocenters. The van der Waals surface area contributed by atoms with Gasteiger partial charge in [0.15, 0.2) is 11.0 Å². The van der Waals surface area contributed by atoms with Crippen LogP contribution in [0.25, 0.3) is 11.0 Å². The number of hydrogen-bond acceptors (Lipinski definition) is 1. The van der Waals surface area contributed by atoms with Gasteiger partial charge in [0.1, 0.15) is 6.42 Å². The Kier molecular flexibility index (Phi) is 1.52. The highest BCUT2D eigenvalue weighted by Crippen LogP contribution is 2.05. The van der Waals surface area contributed by atoms with Crippen molar-refractivity contribution in [2.75, 3.05) is 0 Å². The average molecular weight is 158 g/mol. The number of H-pyrrole nitrogens is 2. The summed E-state index contributed by atoms with van der Waals surface area (Å²) >= 11 is 0. The molecule has 1 aromatic carbocycles. The molecule has 0 spiro atoms.